The number of imide groups is 1. The van der Waals surface area contributed by atoms with Gasteiger partial charge in [0.05, 0.1) is 11.8 Å². The SMILES string of the molecule is Cc1nnc(N2C(=O)[C@H]3[C@H]4CC[C@@H](C4)[C@@H]3C2=O)s1. The molecule has 5 nitrogen and oxygen atoms in total. The van der Waals surface area contributed by atoms with Gasteiger partial charge in [0, 0.05) is 0 Å². The zero-order chi connectivity index (χ0) is 12.4. The predicted octanol–water partition coefficient (Wildman–Crippen LogP) is 1.38. The van der Waals surface area contributed by atoms with Gasteiger partial charge in [0.2, 0.25) is 16.9 Å². The highest BCUT2D eigenvalue weighted by atomic mass is 32.1. The Morgan fingerprint density at radius 2 is 1.72 bits per heavy atom. The molecule has 1 saturated heterocycles. The van der Waals surface area contributed by atoms with E-state index < -0.39 is 0 Å². The first-order valence-corrected chi connectivity index (χ1v) is 7.16. The summed E-state index contributed by atoms with van der Waals surface area (Å²) >= 11 is 1.32. The minimum Gasteiger partial charge on any atom is -0.274 e. The topological polar surface area (TPSA) is 63.2 Å². The maximum absolute atomic E-state index is 12.4. The second-order valence-corrected chi connectivity index (χ2v) is 6.66. The van der Waals surface area contributed by atoms with Crippen LogP contribution in [0.4, 0.5) is 5.13 Å². The summed E-state index contributed by atoms with van der Waals surface area (Å²) in [6.07, 6.45) is 3.28. The molecule has 0 N–H and O–H groups in total. The van der Waals surface area contributed by atoms with Crippen molar-refractivity contribution in [2.75, 3.05) is 4.90 Å². The van der Waals surface area contributed by atoms with Gasteiger partial charge in [-0.3, -0.25) is 9.59 Å². The van der Waals surface area contributed by atoms with Crippen LogP contribution in [0.2, 0.25) is 0 Å². The minimum absolute atomic E-state index is 0.0339. The van der Waals surface area contributed by atoms with Crippen LogP contribution < -0.4 is 4.90 Å². The molecule has 2 amide bonds. The molecule has 94 valence electrons. The Morgan fingerprint density at radius 3 is 2.22 bits per heavy atom. The van der Waals surface area contributed by atoms with Crippen molar-refractivity contribution in [2.45, 2.75) is 26.2 Å². The van der Waals surface area contributed by atoms with Crippen molar-refractivity contribution in [3.8, 4) is 0 Å². The molecule has 0 aromatic carbocycles. The lowest BCUT2D eigenvalue weighted by molar-refractivity contribution is -0.123. The molecule has 18 heavy (non-hydrogen) atoms. The second kappa shape index (κ2) is 3.38. The van der Waals surface area contributed by atoms with Gasteiger partial charge < -0.3 is 0 Å². The van der Waals surface area contributed by atoms with Gasteiger partial charge in [0.15, 0.2) is 0 Å². The molecule has 4 atom stereocenters. The van der Waals surface area contributed by atoms with Crippen molar-refractivity contribution in [2.24, 2.45) is 23.7 Å². The first-order valence-electron chi connectivity index (χ1n) is 6.34. The first kappa shape index (κ1) is 10.6. The monoisotopic (exact) mass is 263 g/mol. The molecule has 6 heteroatoms. The fourth-order valence-electron chi connectivity index (χ4n) is 3.97. The van der Waals surface area contributed by atoms with Gasteiger partial charge in [0.25, 0.3) is 0 Å². The lowest BCUT2D eigenvalue weighted by Crippen LogP contribution is -2.32. The van der Waals surface area contributed by atoms with Crippen LogP contribution in [0.15, 0.2) is 0 Å². The average Bonchev–Trinajstić information content (AvgIpc) is 3.05. The number of carbonyl (C=O) groups is 2. The fraction of sp³-hybridized carbons (Fsp3) is 0.667. The van der Waals surface area contributed by atoms with Crippen molar-refractivity contribution >= 4 is 28.3 Å². The maximum atomic E-state index is 12.4. The number of fused-ring (bicyclic) bond motifs is 5. The molecule has 1 aromatic rings. The van der Waals surface area contributed by atoms with Gasteiger partial charge in [-0.15, -0.1) is 10.2 Å². The Hall–Kier alpha value is -1.30. The van der Waals surface area contributed by atoms with Crippen molar-refractivity contribution in [3.63, 3.8) is 0 Å². The third-order valence-electron chi connectivity index (χ3n) is 4.63. The van der Waals surface area contributed by atoms with E-state index in [0.29, 0.717) is 17.0 Å². The number of hydrogen-bond donors (Lipinski definition) is 0. The normalized spacial score (nSPS) is 37.7. The molecule has 0 radical (unpaired) electrons. The average molecular weight is 263 g/mol. The number of aromatic nitrogens is 2. The number of anilines is 1. The van der Waals surface area contributed by atoms with E-state index >= 15 is 0 Å². The van der Waals surface area contributed by atoms with Crippen LogP contribution in [0.3, 0.4) is 0 Å². The van der Waals surface area contributed by atoms with Crippen LogP contribution >= 0.6 is 11.3 Å². The van der Waals surface area contributed by atoms with E-state index in [1.807, 2.05) is 6.92 Å². The molecule has 3 aliphatic rings. The number of amides is 2. The van der Waals surface area contributed by atoms with Crippen LogP contribution in [0, 0.1) is 30.6 Å². The Balaban J connectivity index is 1.75. The van der Waals surface area contributed by atoms with E-state index in [9.17, 15) is 9.59 Å². The van der Waals surface area contributed by atoms with Crippen LogP contribution in [0.1, 0.15) is 24.3 Å². The van der Waals surface area contributed by atoms with E-state index in [-0.39, 0.29) is 23.7 Å². The second-order valence-electron chi connectivity index (χ2n) is 5.50. The van der Waals surface area contributed by atoms with Gasteiger partial charge in [0.1, 0.15) is 5.01 Å². The molecule has 2 saturated carbocycles. The van der Waals surface area contributed by atoms with Gasteiger partial charge in [-0.05, 0) is 38.0 Å². The maximum Gasteiger partial charge on any atom is 0.239 e. The number of carbonyl (C=O) groups excluding carboxylic acids is 2. The summed E-state index contributed by atoms with van der Waals surface area (Å²) in [5.74, 6) is 0.647. The summed E-state index contributed by atoms with van der Waals surface area (Å²) in [7, 11) is 0. The van der Waals surface area contributed by atoms with Crippen LogP contribution in [0.5, 0.6) is 0 Å². The smallest absolute Gasteiger partial charge is 0.239 e. The largest absolute Gasteiger partial charge is 0.274 e. The van der Waals surface area contributed by atoms with E-state index in [1.54, 1.807) is 0 Å². The summed E-state index contributed by atoms with van der Waals surface area (Å²) in [5.41, 5.74) is 0. The molecule has 4 rings (SSSR count). The van der Waals surface area contributed by atoms with Gasteiger partial charge in [-0.2, -0.15) is 0 Å². The Bertz CT molecular complexity index is 527. The lowest BCUT2D eigenvalue weighted by atomic mass is 9.81. The Kier molecular flexibility index (Phi) is 1.99. The predicted molar refractivity (Wildman–Crippen MR) is 65.0 cm³/mol. The third kappa shape index (κ3) is 1.16. The van der Waals surface area contributed by atoms with Gasteiger partial charge >= 0.3 is 0 Å². The lowest BCUT2D eigenvalue weighted by Gasteiger charge is -2.19. The molecule has 2 bridgehead atoms. The van der Waals surface area contributed by atoms with Crippen LogP contribution in [-0.2, 0) is 9.59 Å². The minimum atomic E-state index is -0.0690. The van der Waals surface area contributed by atoms with Crippen molar-refractivity contribution in [1.82, 2.24) is 10.2 Å². The van der Waals surface area contributed by atoms with Gasteiger partial charge in [-0.1, -0.05) is 11.3 Å². The Morgan fingerprint density at radius 1 is 1.11 bits per heavy atom. The summed E-state index contributed by atoms with van der Waals surface area (Å²) in [4.78, 5) is 26.2. The fourth-order valence-corrected chi connectivity index (χ4v) is 4.67. The zero-order valence-corrected chi connectivity index (χ0v) is 10.8. The molecule has 0 unspecified atom stereocenters. The molecule has 2 aliphatic carbocycles. The molecular formula is C12H13N3O2S. The highest BCUT2D eigenvalue weighted by Crippen LogP contribution is 2.56. The number of nitrogens with zero attached hydrogens (tertiary/aromatic N) is 3. The van der Waals surface area contributed by atoms with E-state index in [4.69, 9.17) is 0 Å². The molecule has 2 heterocycles. The van der Waals surface area contributed by atoms with Crippen molar-refractivity contribution in [1.29, 1.82) is 0 Å². The number of hydrogen-bond acceptors (Lipinski definition) is 5. The Labute approximate surface area is 108 Å². The zero-order valence-electron chi connectivity index (χ0n) is 10.00. The molecule has 0 spiro atoms. The number of aryl methyl sites for hydroxylation is 1. The first-order chi connectivity index (χ1) is 8.66. The van der Waals surface area contributed by atoms with Crippen molar-refractivity contribution in [3.05, 3.63) is 5.01 Å². The highest BCUT2D eigenvalue weighted by Gasteiger charge is 2.61. The van der Waals surface area contributed by atoms with Crippen LogP contribution in [-0.4, -0.2) is 22.0 Å². The van der Waals surface area contributed by atoms with E-state index in [2.05, 4.69) is 10.2 Å². The molecule has 1 aromatic heterocycles. The van der Waals surface area contributed by atoms with E-state index in [0.717, 1.165) is 24.3 Å². The quantitative estimate of drug-likeness (QED) is 0.718. The molecule has 3 fully saturated rings. The summed E-state index contributed by atoms with van der Waals surface area (Å²) in [6.45, 7) is 1.83. The van der Waals surface area contributed by atoms with Crippen molar-refractivity contribution < 1.29 is 9.59 Å². The molecular weight excluding hydrogens is 250 g/mol. The summed E-state index contributed by atoms with van der Waals surface area (Å²) in [6, 6.07) is 0. The summed E-state index contributed by atoms with van der Waals surface area (Å²) < 4.78 is 0. The van der Waals surface area contributed by atoms with Gasteiger partial charge in [-0.25, -0.2) is 4.90 Å². The molecule has 1 aliphatic heterocycles. The third-order valence-corrected chi connectivity index (χ3v) is 5.46. The standard InChI is InChI=1S/C12H13N3O2S/c1-5-13-14-12(18-5)15-10(16)8-6-2-3-7(4-6)9(8)11(15)17/h6-9H,2-4H2,1H3/t6-,7-,8-,9-/m0/s1. The summed E-state index contributed by atoms with van der Waals surface area (Å²) in [5, 5.41) is 9.09. The van der Waals surface area contributed by atoms with Crippen LogP contribution in [0.25, 0.3) is 0 Å². The highest BCUT2D eigenvalue weighted by molar-refractivity contribution is 7.15. The van der Waals surface area contributed by atoms with E-state index in [1.165, 1.54) is 16.2 Å². The number of rotatable bonds is 1.